The van der Waals surface area contributed by atoms with Gasteiger partial charge in [0.2, 0.25) is 0 Å². The van der Waals surface area contributed by atoms with E-state index in [0.29, 0.717) is 5.92 Å². The zero-order valence-electron chi connectivity index (χ0n) is 9.14. The fourth-order valence-electron chi connectivity index (χ4n) is 1.94. The molecule has 0 bridgehead atoms. The lowest BCUT2D eigenvalue weighted by molar-refractivity contribution is 0.349. The van der Waals surface area contributed by atoms with Crippen molar-refractivity contribution in [1.29, 1.82) is 0 Å². The first-order valence-corrected chi connectivity index (χ1v) is 7.18. The van der Waals surface area contributed by atoms with E-state index in [0.717, 1.165) is 11.5 Å². The predicted octanol–water partition coefficient (Wildman–Crippen LogP) is 2.55. The zero-order valence-corrected chi connectivity index (χ0v) is 9.95. The standard InChI is InChI=1S/C11H22OS/c1-11(2,3)9-13(4,12)8-10-6-5-7-10/h10H,4-9H2,1-3H3. The minimum atomic E-state index is -1.80. The van der Waals surface area contributed by atoms with Gasteiger partial charge < -0.3 is 0 Å². The van der Waals surface area contributed by atoms with E-state index in [1.54, 1.807) is 0 Å². The summed E-state index contributed by atoms with van der Waals surface area (Å²) in [6, 6.07) is 0. The van der Waals surface area contributed by atoms with Gasteiger partial charge in [-0.15, -0.1) is 0 Å². The van der Waals surface area contributed by atoms with Crippen molar-refractivity contribution in [2.45, 2.75) is 40.0 Å². The Balaban J connectivity index is 2.46. The molecule has 1 aliphatic carbocycles. The number of hydrogen-bond acceptors (Lipinski definition) is 1. The average molecular weight is 202 g/mol. The van der Waals surface area contributed by atoms with Gasteiger partial charge in [0.05, 0.1) is 0 Å². The van der Waals surface area contributed by atoms with Crippen molar-refractivity contribution in [3.05, 3.63) is 0 Å². The Kier molecular flexibility index (Phi) is 3.11. The highest BCUT2D eigenvalue weighted by atomic mass is 32.2. The Bertz CT molecular complexity index is 252. The molecule has 1 fully saturated rings. The van der Waals surface area contributed by atoms with Crippen LogP contribution in [0.2, 0.25) is 0 Å². The van der Waals surface area contributed by atoms with Crippen LogP contribution in [0.3, 0.4) is 0 Å². The number of hydrogen-bond donors (Lipinski definition) is 0. The molecule has 2 heteroatoms. The van der Waals surface area contributed by atoms with Gasteiger partial charge >= 0.3 is 0 Å². The number of rotatable bonds is 3. The largest absolute Gasteiger partial charge is 0.268 e. The molecular formula is C11H22OS. The Morgan fingerprint density at radius 1 is 1.38 bits per heavy atom. The molecule has 1 nitrogen and oxygen atoms in total. The molecule has 78 valence electrons. The Hall–Kier alpha value is 0.0200. The molecule has 0 heterocycles. The van der Waals surface area contributed by atoms with Gasteiger partial charge in [-0.2, -0.15) is 0 Å². The topological polar surface area (TPSA) is 17.1 Å². The Morgan fingerprint density at radius 3 is 2.23 bits per heavy atom. The smallest absolute Gasteiger partial charge is 0.0207 e. The molecule has 0 N–H and O–H groups in total. The summed E-state index contributed by atoms with van der Waals surface area (Å²) in [6.07, 6.45) is 3.88. The molecule has 0 radical (unpaired) electrons. The van der Waals surface area contributed by atoms with E-state index < -0.39 is 9.52 Å². The molecular weight excluding hydrogens is 180 g/mol. The summed E-state index contributed by atoms with van der Waals surface area (Å²) in [5.74, 6) is 6.26. The second kappa shape index (κ2) is 3.64. The summed E-state index contributed by atoms with van der Waals surface area (Å²) in [5.41, 5.74) is 0.155. The van der Waals surface area contributed by atoms with Crippen LogP contribution in [0.4, 0.5) is 0 Å². The SMILES string of the molecule is C=S(=O)(CC1CCC1)CC(C)(C)C. The van der Waals surface area contributed by atoms with Crippen molar-refractivity contribution in [2.24, 2.45) is 11.3 Å². The maximum Gasteiger partial charge on any atom is 0.0207 e. The molecule has 1 aliphatic rings. The van der Waals surface area contributed by atoms with Crippen molar-refractivity contribution in [2.75, 3.05) is 11.5 Å². The van der Waals surface area contributed by atoms with Crippen LogP contribution >= 0.6 is 0 Å². The fraction of sp³-hybridized carbons (Fsp3) is 0.909. The second-order valence-electron chi connectivity index (χ2n) is 5.63. The van der Waals surface area contributed by atoms with Crippen LogP contribution in [-0.2, 0) is 9.52 Å². The van der Waals surface area contributed by atoms with Crippen molar-refractivity contribution >= 4 is 15.4 Å². The van der Waals surface area contributed by atoms with Crippen LogP contribution in [0.25, 0.3) is 0 Å². The zero-order chi connectivity index (χ0) is 10.1. The molecule has 0 aromatic rings. The third-order valence-corrected chi connectivity index (χ3v) is 4.93. The van der Waals surface area contributed by atoms with Gasteiger partial charge in [0.1, 0.15) is 0 Å². The Morgan fingerprint density at radius 2 is 1.92 bits per heavy atom. The van der Waals surface area contributed by atoms with Crippen LogP contribution in [-0.4, -0.2) is 21.6 Å². The fourth-order valence-corrected chi connectivity index (χ4v) is 4.83. The monoisotopic (exact) mass is 202 g/mol. The van der Waals surface area contributed by atoms with E-state index >= 15 is 0 Å². The van der Waals surface area contributed by atoms with Gasteiger partial charge in [0.25, 0.3) is 0 Å². The van der Waals surface area contributed by atoms with E-state index in [-0.39, 0.29) is 5.41 Å². The summed E-state index contributed by atoms with van der Waals surface area (Å²) in [7, 11) is -1.80. The van der Waals surface area contributed by atoms with Crippen LogP contribution in [0, 0.1) is 11.3 Å². The van der Waals surface area contributed by atoms with Gasteiger partial charge in [-0.25, -0.2) is 0 Å². The molecule has 0 aromatic heterocycles. The molecule has 0 spiro atoms. The lowest BCUT2D eigenvalue weighted by atomic mass is 9.87. The molecule has 0 saturated heterocycles. The Labute approximate surface area is 82.9 Å². The molecule has 0 aliphatic heterocycles. The molecule has 1 rings (SSSR count). The van der Waals surface area contributed by atoms with Crippen LogP contribution < -0.4 is 0 Å². The summed E-state index contributed by atoms with van der Waals surface area (Å²) >= 11 is 0. The van der Waals surface area contributed by atoms with Gasteiger partial charge in [-0.1, -0.05) is 27.2 Å². The van der Waals surface area contributed by atoms with Crippen molar-refractivity contribution in [1.82, 2.24) is 0 Å². The second-order valence-corrected chi connectivity index (χ2v) is 8.19. The first-order valence-electron chi connectivity index (χ1n) is 5.11. The maximum absolute atomic E-state index is 12.1. The van der Waals surface area contributed by atoms with Crippen molar-refractivity contribution in [3.8, 4) is 0 Å². The van der Waals surface area contributed by atoms with Gasteiger partial charge in [0, 0.05) is 11.5 Å². The molecule has 13 heavy (non-hydrogen) atoms. The van der Waals surface area contributed by atoms with E-state index in [9.17, 15) is 4.21 Å². The van der Waals surface area contributed by atoms with Gasteiger partial charge in [-0.3, -0.25) is 4.21 Å². The lowest BCUT2D eigenvalue weighted by Gasteiger charge is -2.29. The summed E-state index contributed by atoms with van der Waals surface area (Å²) in [4.78, 5) is 0. The van der Waals surface area contributed by atoms with E-state index in [1.807, 2.05) is 0 Å². The van der Waals surface area contributed by atoms with Crippen molar-refractivity contribution < 1.29 is 4.21 Å². The van der Waals surface area contributed by atoms with Crippen LogP contribution in [0.1, 0.15) is 40.0 Å². The predicted molar refractivity (Wildman–Crippen MR) is 61.8 cm³/mol. The molecule has 0 amide bonds. The van der Waals surface area contributed by atoms with Gasteiger partial charge in [0.15, 0.2) is 0 Å². The average Bonchev–Trinajstić information content (AvgIpc) is 1.73. The summed E-state index contributed by atoms with van der Waals surface area (Å²) in [5, 5.41) is 0. The maximum atomic E-state index is 12.1. The molecule has 1 unspecified atom stereocenters. The van der Waals surface area contributed by atoms with E-state index in [2.05, 4.69) is 26.6 Å². The highest BCUT2D eigenvalue weighted by Gasteiger charge is 2.24. The summed E-state index contributed by atoms with van der Waals surface area (Å²) < 4.78 is 12.1. The van der Waals surface area contributed by atoms with E-state index in [1.165, 1.54) is 19.3 Å². The third kappa shape index (κ3) is 4.17. The highest BCUT2D eigenvalue weighted by molar-refractivity contribution is 8.00. The van der Waals surface area contributed by atoms with E-state index in [4.69, 9.17) is 0 Å². The van der Waals surface area contributed by atoms with Crippen LogP contribution in [0.15, 0.2) is 0 Å². The highest BCUT2D eigenvalue weighted by Crippen LogP contribution is 2.29. The van der Waals surface area contributed by atoms with Gasteiger partial charge in [-0.05, 0) is 39.6 Å². The molecule has 1 atom stereocenters. The minimum absolute atomic E-state index is 0.155. The normalized spacial score (nSPS) is 23.6. The minimum Gasteiger partial charge on any atom is -0.268 e. The van der Waals surface area contributed by atoms with Crippen molar-refractivity contribution in [3.63, 3.8) is 0 Å². The molecule has 1 saturated carbocycles. The third-order valence-electron chi connectivity index (χ3n) is 2.46. The lowest BCUT2D eigenvalue weighted by Crippen LogP contribution is -2.28. The van der Waals surface area contributed by atoms with Crippen LogP contribution in [0.5, 0.6) is 0 Å². The molecule has 0 aromatic carbocycles. The first kappa shape index (κ1) is 11.1. The first-order chi connectivity index (χ1) is 5.79. The summed E-state index contributed by atoms with van der Waals surface area (Å²) in [6.45, 7) is 6.41. The quantitative estimate of drug-likeness (QED) is 0.643.